The number of hydrazine groups is 1. The molecule has 0 bridgehead atoms. The Labute approximate surface area is 120 Å². The molecule has 0 atom stereocenters. The van der Waals surface area contributed by atoms with E-state index in [2.05, 4.69) is 5.43 Å². The predicted molar refractivity (Wildman–Crippen MR) is 79.5 cm³/mol. The molecule has 1 aliphatic rings. The SMILES string of the molecule is CCOC1CCN(C(=O)c2ccc(NN)cc2C)CC1. The van der Waals surface area contributed by atoms with Crippen molar-refractivity contribution in [1.82, 2.24) is 4.90 Å². The van der Waals surface area contributed by atoms with Crippen LogP contribution in [0, 0.1) is 6.92 Å². The fourth-order valence-corrected chi connectivity index (χ4v) is 2.63. The number of carbonyl (C=O) groups excluding carboxylic acids is 1. The summed E-state index contributed by atoms with van der Waals surface area (Å²) in [5.74, 6) is 5.47. The molecule has 3 N–H and O–H groups in total. The van der Waals surface area contributed by atoms with E-state index in [0.29, 0.717) is 6.10 Å². The van der Waals surface area contributed by atoms with E-state index in [4.69, 9.17) is 10.6 Å². The van der Waals surface area contributed by atoms with Gasteiger partial charge >= 0.3 is 0 Å². The lowest BCUT2D eigenvalue weighted by molar-refractivity contribution is 0.0146. The number of nitrogens with two attached hydrogens (primary N) is 1. The minimum absolute atomic E-state index is 0.0982. The molecule has 5 heteroatoms. The summed E-state index contributed by atoms with van der Waals surface area (Å²) in [7, 11) is 0. The number of anilines is 1. The molecule has 0 saturated carbocycles. The topological polar surface area (TPSA) is 67.6 Å². The molecule has 20 heavy (non-hydrogen) atoms. The van der Waals surface area contributed by atoms with Crippen LogP contribution >= 0.6 is 0 Å². The number of likely N-dealkylation sites (tertiary alicyclic amines) is 1. The van der Waals surface area contributed by atoms with Crippen molar-refractivity contribution in [1.29, 1.82) is 0 Å². The first-order valence-electron chi connectivity index (χ1n) is 7.13. The highest BCUT2D eigenvalue weighted by Gasteiger charge is 2.24. The van der Waals surface area contributed by atoms with E-state index in [1.807, 2.05) is 36.9 Å². The highest BCUT2D eigenvalue weighted by atomic mass is 16.5. The summed E-state index contributed by atoms with van der Waals surface area (Å²) in [6, 6.07) is 5.55. The number of piperidine rings is 1. The second kappa shape index (κ2) is 6.72. The second-order valence-corrected chi connectivity index (χ2v) is 5.12. The van der Waals surface area contributed by atoms with Crippen molar-refractivity contribution >= 4 is 11.6 Å². The van der Waals surface area contributed by atoms with Crippen LogP contribution in [0.5, 0.6) is 0 Å². The fraction of sp³-hybridized carbons (Fsp3) is 0.533. The van der Waals surface area contributed by atoms with E-state index in [0.717, 1.165) is 49.4 Å². The molecule has 1 aliphatic heterocycles. The van der Waals surface area contributed by atoms with E-state index in [1.54, 1.807) is 0 Å². The molecule has 1 amide bonds. The smallest absolute Gasteiger partial charge is 0.254 e. The Kier molecular flexibility index (Phi) is 4.98. The lowest BCUT2D eigenvalue weighted by Crippen LogP contribution is -2.41. The molecule has 5 nitrogen and oxygen atoms in total. The molecule has 0 radical (unpaired) electrons. The molecule has 1 aromatic carbocycles. The van der Waals surface area contributed by atoms with E-state index in [9.17, 15) is 4.79 Å². The monoisotopic (exact) mass is 277 g/mol. The molecular weight excluding hydrogens is 254 g/mol. The number of ether oxygens (including phenoxy) is 1. The van der Waals surface area contributed by atoms with Gasteiger partial charge in [-0.2, -0.15) is 0 Å². The first-order chi connectivity index (χ1) is 9.65. The molecule has 0 spiro atoms. The molecule has 1 aromatic rings. The molecule has 0 aromatic heterocycles. The predicted octanol–water partition coefficient (Wildman–Crippen LogP) is 1.92. The Hall–Kier alpha value is -1.59. The number of hydrogen-bond acceptors (Lipinski definition) is 4. The van der Waals surface area contributed by atoms with Crippen LogP contribution in [0.4, 0.5) is 5.69 Å². The number of nitrogens with one attached hydrogen (secondary N) is 1. The van der Waals surface area contributed by atoms with Gasteiger partial charge in [-0.1, -0.05) is 0 Å². The van der Waals surface area contributed by atoms with Crippen molar-refractivity contribution in [2.24, 2.45) is 5.84 Å². The van der Waals surface area contributed by atoms with Crippen LogP contribution in [0.3, 0.4) is 0 Å². The Morgan fingerprint density at radius 2 is 2.15 bits per heavy atom. The van der Waals surface area contributed by atoms with Gasteiger partial charge in [0.1, 0.15) is 0 Å². The summed E-state index contributed by atoms with van der Waals surface area (Å²) in [6.07, 6.45) is 2.14. The lowest BCUT2D eigenvalue weighted by atomic mass is 10.0. The summed E-state index contributed by atoms with van der Waals surface area (Å²) >= 11 is 0. The number of carbonyl (C=O) groups is 1. The molecule has 2 rings (SSSR count). The average molecular weight is 277 g/mol. The van der Waals surface area contributed by atoms with Gasteiger partial charge in [-0.3, -0.25) is 10.6 Å². The van der Waals surface area contributed by atoms with Crippen LogP contribution in [-0.2, 0) is 4.74 Å². The van der Waals surface area contributed by atoms with Crippen molar-refractivity contribution in [3.63, 3.8) is 0 Å². The minimum atomic E-state index is 0.0982. The number of aryl methyl sites for hydroxylation is 1. The molecule has 1 saturated heterocycles. The third-order valence-electron chi connectivity index (χ3n) is 3.76. The van der Waals surface area contributed by atoms with Crippen molar-refractivity contribution in [3.8, 4) is 0 Å². The summed E-state index contributed by atoms with van der Waals surface area (Å²) in [6.45, 7) is 6.21. The third-order valence-corrected chi connectivity index (χ3v) is 3.76. The highest BCUT2D eigenvalue weighted by molar-refractivity contribution is 5.96. The van der Waals surface area contributed by atoms with Gasteiger partial charge in [0.15, 0.2) is 0 Å². The van der Waals surface area contributed by atoms with Crippen LogP contribution in [0.15, 0.2) is 18.2 Å². The molecule has 1 heterocycles. The van der Waals surface area contributed by atoms with Gasteiger partial charge in [-0.25, -0.2) is 0 Å². The van der Waals surface area contributed by atoms with Gasteiger partial charge in [-0.15, -0.1) is 0 Å². The van der Waals surface area contributed by atoms with Crippen molar-refractivity contribution < 1.29 is 9.53 Å². The fourth-order valence-electron chi connectivity index (χ4n) is 2.63. The molecule has 110 valence electrons. The normalized spacial score (nSPS) is 16.2. The number of nitrogen functional groups attached to an aromatic ring is 1. The summed E-state index contributed by atoms with van der Waals surface area (Å²) < 4.78 is 5.61. The molecular formula is C15H23N3O2. The van der Waals surface area contributed by atoms with E-state index in [1.165, 1.54) is 0 Å². The summed E-state index contributed by atoms with van der Waals surface area (Å²) in [5, 5.41) is 0. The van der Waals surface area contributed by atoms with Gasteiger partial charge in [0.2, 0.25) is 0 Å². The second-order valence-electron chi connectivity index (χ2n) is 5.12. The molecule has 0 unspecified atom stereocenters. The van der Waals surface area contributed by atoms with Crippen LogP contribution in [0.1, 0.15) is 35.7 Å². The summed E-state index contributed by atoms with van der Waals surface area (Å²) in [5.41, 5.74) is 5.10. The van der Waals surface area contributed by atoms with Crippen LogP contribution in [-0.4, -0.2) is 36.6 Å². The average Bonchev–Trinajstić information content (AvgIpc) is 2.47. The maximum atomic E-state index is 12.5. The number of hydrogen-bond donors (Lipinski definition) is 2. The van der Waals surface area contributed by atoms with Crippen molar-refractivity contribution in [3.05, 3.63) is 29.3 Å². The zero-order valence-electron chi connectivity index (χ0n) is 12.2. The van der Waals surface area contributed by atoms with Crippen molar-refractivity contribution in [2.75, 3.05) is 25.1 Å². The van der Waals surface area contributed by atoms with Gasteiger partial charge in [0, 0.05) is 30.9 Å². The maximum Gasteiger partial charge on any atom is 0.254 e. The standard InChI is InChI=1S/C15H23N3O2/c1-3-20-13-6-8-18(9-7-13)15(19)14-5-4-12(17-16)10-11(14)2/h4-5,10,13,17H,3,6-9,16H2,1-2H3. The largest absolute Gasteiger partial charge is 0.378 e. The first-order valence-corrected chi connectivity index (χ1v) is 7.13. The Morgan fingerprint density at radius 1 is 1.45 bits per heavy atom. The number of nitrogens with zero attached hydrogens (tertiary/aromatic N) is 1. The van der Waals surface area contributed by atoms with Crippen LogP contribution < -0.4 is 11.3 Å². The maximum absolute atomic E-state index is 12.5. The number of benzene rings is 1. The Morgan fingerprint density at radius 3 is 2.70 bits per heavy atom. The first kappa shape index (κ1) is 14.8. The Balaban J connectivity index is 2.02. The van der Waals surface area contributed by atoms with E-state index >= 15 is 0 Å². The Bertz CT molecular complexity index is 468. The van der Waals surface area contributed by atoms with Gasteiger partial charge < -0.3 is 15.1 Å². The van der Waals surface area contributed by atoms with Crippen molar-refractivity contribution in [2.45, 2.75) is 32.8 Å². The number of rotatable bonds is 4. The lowest BCUT2D eigenvalue weighted by Gasteiger charge is -2.32. The summed E-state index contributed by atoms with van der Waals surface area (Å²) in [4.78, 5) is 14.4. The van der Waals surface area contributed by atoms with Gasteiger partial charge in [0.25, 0.3) is 5.91 Å². The van der Waals surface area contributed by atoms with Gasteiger partial charge in [-0.05, 0) is 50.5 Å². The van der Waals surface area contributed by atoms with Crippen LogP contribution in [0.2, 0.25) is 0 Å². The van der Waals surface area contributed by atoms with E-state index in [-0.39, 0.29) is 5.91 Å². The third kappa shape index (κ3) is 3.29. The molecule has 1 fully saturated rings. The highest BCUT2D eigenvalue weighted by Crippen LogP contribution is 2.20. The van der Waals surface area contributed by atoms with E-state index < -0.39 is 0 Å². The number of amides is 1. The zero-order valence-corrected chi connectivity index (χ0v) is 12.2. The minimum Gasteiger partial charge on any atom is -0.378 e. The van der Waals surface area contributed by atoms with Gasteiger partial charge in [0.05, 0.1) is 6.10 Å². The quantitative estimate of drug-likeness (QED) is 0.652. The van der Waals surface area contributed by atoms with Crippen LogP contribution in [0.25, 0.3) is 0 Å². The molecule has 0 aliphatic carbocycles. The zero-order chi connectivity index (χ0) is 14.5.